The summed E-state index contributed by atoms with van der Waals surface area (Å²) in [5.41, 5.74) is 1.30. The highest BCUT2D eigenvalue weighted by molar-refractivity contribution is 9.10. The van der Waals surface area contributed by atoms with Crippen molar-refractivity contribution in [1.29, 1.82) is 0 Å². The topological polar surface area (TPSA) is 25.2 Å². The maximum Gasteiger partial charge on any atom is 0.121 e. The van der Waals surface area contributed by atoms with Gasteiger partial charge in [-0.1, -0.05) is 35.0 Å². The quantitative estimate of drug-likeness (QED) is 0.893. The smallest absolute Gasteiger partial charge is 0.121 e. The molecule has 1 atom stereocenters. The predicted octanol–water partition coefficient (Wildman–Crippen LogP) is 4.24. The number of hydrogen-bond donors (Lipinski definition) is 1. The molecule has 1 aromatic heterocycles. The lowest BCUT2D eigenvalue weighted by Crippen LogP contribution is -2.22. The summed E-state index contributed by atoms with van der Waals surface area (Å²) < 4.78 is 6.83. The van der Waals surface area contributed by atoms with Crippen molar-refractivity contribution in [3.63, 3.8) is 0 Å². The Kier molecular flexibility index (Phi) is 4.61. The van der Waals surface area contributed by atoms with Crippen molar-refractivity contribution >= 4 is 15.9 Å². The minimum Gasteiger partial charge on any atom is -0.465 e. The highest BCUT2D eigenvalue weighted by Crippen LogP contribution is 2.21. The summed E-state index contributed by atoms with van der Waals surface area (Å²) in [4.78, 5) is 0. The summed E-state index contributed by atoms with van der Waals surface area (Å²) in [5.74, 6) is 1.97. The number of nitrogens with one attached hydrogen (secondary N) is 1. The van der Waals surface area contributed by atoms with E-state index in [9.17, 15) is 0 Å². The van der Waals surface area contributed by atoms with Gasteiger partial charge in [0.2, 0.25) is 0 Å². The molecule has 2 nitrogen and oxygen atoms in total. The number of aryl methyl sites for hydroxylation is 1. The molecular weight excluding hydrogens is 290 g/mol. The number of hydrogen-bond acceptors (Lipinski definition) is 2. The number of halogens is 1. The third-order valence-electron chi connectivity index (χ3n) is 2.91. The molecule has 0 spiro atoms. The highest BCUT2D eigenvalue weighted by Gasteiger charge is 2.14. The monoisotopic (exact) mass is 307 g/mol. The largest absolute Gasteiger partial charge is 0.465 e. The van der Waals surface area contributed by atoms with Crippen molar-refractivity contribution in [2.24, 2.45) is 0 Å². The van der Waals surface area contributed by atoms with Crippen LogP contribution >= 0.6 is 15.9 Å². The van der Waals surface area contributed by atoms with Gasteiger partial charge in [-0.05, 0) is 49.7 Å². The summed E-state index contributed by atoms with van der Waals surface area (Å²) in [5, 5.41) is 3.47. The number of rotatable bonds is 5. The second-order valence-electron chi connectivity index (χ2n) is 4.39. The third-order valence-corrected chi connectivity index (χ3v) is 3.44. The minimum absolute atomic E-state index is 0.241. The molecule has 1 aromatic carbocycles. The molecule has 1 unspecified atom stereocenters. The summed E-state index contributed by atoms with van der Waals surface area (Å²) in [6, 6.07) is 12.7. The van der Waals surface area contributed by atoms with Crippen molar-refractivity contribution < 1.29 is 4.42 Å². The number of furan rings is 1. The average molecular weight is 308 g/mol. The van der Waals surface area contributed by atoms with Gasteiger partial charge in [-0.2, -0.15) is 0 Å². The zero-order valence-electron chi connectivity index (χ0n) is 10.7. The first-order chi connectivity index (χ1) is 8.69. The molecule has 1 heterocycles. The number of benzene rings is 1. The van der Waals surface area contributed by atoms with Gasteiger partial charge in [0.1, 0.15) is 11.5 Å². The molecule has 0 radical (unpaired) electrons. The lowest BCUT2D eigenvalue weighted by molar-refractivity contribution is 0.403. The molecule has 18 heavy (non-hydrogen) atoms. The van der Waals surface area contributed by atoms with Crippen LogP contribution in [0.3, 0.4) is 0 Å². The van der Waals surface area contributed by atoms with E-state index < -0.39 is 0 Å². The Balaban J connectivity index is 2.13. The van der Waals surface area contributed by atoms with Gasteiger partial charge < -0.3 is 9.73 Å². The first-order valence-corrected chi connectivity index (χ1v) is 7.02. The van der Waals surface area contributed by atoms with Gasteiger partial charge >= 0.3 is 0 Å². The van der Waals surface area contributed by atoms with Crippen LogP contribution in [-0.4, -0.2) is 6.54 Å². The molecule has 0 aliphatic heterocycles. The van der Waals surface area contributed by atoms with Gasteiger partial charge in [-0.25, -0.2) is 0 Å². The van der Waals surface area contributed by atoms with Gasteiger partial charge in [-0.15, -0.1) is 0 Å². The van der Waals surface area contributed by atoms with Crippen LogP contribution in [0.4, 0.5) is 0 Å². The van der Waals surface area contributed by atoms with E-state index >= 15 is 0 Å². The van der Waals surface area contributed by atoms with E-state index in [1.807, 2.05) is 13.0 Å². The predicted molar refractivity (Wildman–Crippen MR) is 77.7 cm³/mol. The van der Waals surface area contributed by atoms with Crippen LogP contribution in [-0.2, 0) is 6.42 Å². The summed E-state index contributed by atoms with van der Waals surface area (Å²) in [6.45, 7) is 5.03. The first-order valence-electron chi connectivity index (χ1n) is 6.23. The minimum atomic E-state index is 0.241. The summed E-state index contributed by atoms with van der Waals surface area (Å²) in [7, 11) is 0. The zero-order valence-corrected chi connectivity index (χ0v) is 12.3. The maximum absolute atomic E-state index is 5.72. The molecule has 2 aromatic rings. The van der Waals surface area contributed by atoms with Crippen molar-refractivity contribution in [3.8, 4) is 0 Å². The standard InChI is InChI=1S/C15H18BrNO/c1-3-17-14(15-9-4-11(2)18-15)10-12-5-7-13(16)8-6-12/h4-9,14,17H,3,10H2,1-2H3. The van der Waals surface area contributed by atoms with E-state index in [0.29, 0.717) is 0 Å². The fourth-order valence-corrected chi connectivity index (χ4v) is 2.28. The Labute approximate surface area is 117 Å². The van der Waals surface area contributed by atoms with Gasteiger partial charge in [0.25, 0.3) is 0 Å². The first kappa shape index (κ1) is 13.4. The molecule has 2 rings (SSSR count). The Morgan fingerprint density at radius 2 is 1.89 bits per heavy atom. The Morgan fingerprint density at radius 3 is 2.44 bits per heavy atom. The number of likely N-dealkylation sites (N-methyl/N-ethyl adjacent to an activating group) is 1. The normalized spacial score (nSPS) is 12.6. The van der Waals surface area contributed by atoms with Crippen LogP contribution < -0.4 is 5.32 Å². The molecule has 0 amide bonds. The molecule has 0 fully saturated rings. The average Bonchev–Trinajstić information content (AvgIpc) is 2.78. The van der Waals surface area contributed by atoms with Crippen molar-refractivity contribution in [1.82, 2.24) is 5.32 Å². The molecule has 0 bridgehead atoms. The van der Waals surface area contributed by atoms with E-state index in [-0.39, 0.29) is 6.04 Å². The van der Waals surface area contributed by atoms with Crippen molar-refractivity contribution in [2.75, 3.05) is 6.54 Å². The summed E-state index contributed by atoms with van der Waals surface area (Å²) >= 11 is 3.46. The second kappa shape index (κ2) is 6.21. The summed E-state index contributed by atoms with van der Waals surface area (Å²) in [6.07, 6.45) is 0.939. The van der Waals surface area contributed by atoms with Gasteiger partial charge in [0, 0.05) is 4.47 Å². The van der Waals surface area contributed by atoms with Crippen LogP contribution in [0.25, 0.3) is 0 Å². The van der Waals surface area contributed by atoms with E-state index in [2.05, 4.69) is 58.5 Å². The van der Waals surface area contributed by atoms with Crippen LogP contribution in [0.15, 0.2) is 45.3 Å². The van der Waals surface area contributed by atoms with Crippen LogP contribution in [0, 0.1) is 6.92 Å². The van der Waals surface area contributed by atoms with E-state index in [4.69, 9.17) is 4.42 Å². The lowest BCUT2D eigenvalue weighted by atomic mass is 10.0. The van der Waals surface area contributed by atoms with Gasteiger partial charge in [0.05, 0.1) is 6.04 Å². The van der Waals surface area contributed by atoms with Crippen LogP contribution in [0.2, 0.25) is 0 Å². The molecule has 0 saturated carbocycles. The fourth-order valence-electron chi connectivity index (χ4n) is 2.02. The zero-order chi connectivity index (χ0) is 13.0. The molecular formula is C15H18BrNO. The van der Waals surface area contributed by atoms with E-state index in [1.165, 1.54) is 5.56 Å². The molecule has 0 aliphatic rings. The van der Waals surface area contributed by atoms with E-state index in [0.717, 1.165) is 29.0 Å². The lowest BCUT2D eigenvalue weighted by Gasteiger charge is -2.15. The fraction of sp³-hybridized carbons (Fsp3) is 0.333. The third kappa shape index (κ3) is 3.47. The molecule has 0 aliphatic carbocycles. The highest BCUT2D eigenvalue weighted by atomic mass is 79.9. The van der Waals surface area contributed by atoms with Gasteiger partial charge in [0.15, 0.2) is 0 Å². The van der Waals surface area contributed by atoms with Crippen LogP contribution in [0.5, 0.6) is 0 Å². The van der Waals surface area contributed by atoms with E-state index in [1.54, 1.807) is 0 Å². The SMILES string of the molecule is CCNC(Cc1ccc(Br)cc1)c1ccc(C)o1. The maximum atomic E-state index is 5.72. The Bertz CT molecular complexity index is 489. The Morgan fingerprint density at radius 1 is 1.17 bits per heavy atom. The second-order valence-corrected chi connectivity index (χ2v) is 5.30. The molecule has 96 valence electrons. The van der Waals surface area contributed by atoms with Gasteiger partial charge in [-0.3, -0.25) is 0 Å². The molecule has 0 saturated heterocycles. The van der Waals surface area contributed by atoms with Crippen molar-refractivity contribution in [3.05, 3.63) is 58.0 Å². The molecule has 1 N–H and O–H groups in total. The van der Waals surface area contributed by atoms with Crippen molar-refractivity contribution in [2.45, 2.75) is 26.3 Å². The Hall–Kier alpha value is -1.06. The van der Waals surface area contributed by atoms with Crippen LogP contribution in [0.1, 0.15) is 30.0 Å². The molecule has 3 heteroatoms.